The number of amides is 1. The zero-order valence-corrected chi connectivity index (χ0v) is 14.5. The minimum absolute atomic E-state index is 0.156. The predicted molar refractivity (Wildman–Crippen MR) is 96.8 cm³/mol. The Morgan fingerprint density at radius 1 is 1.08 bits per heavy atom. The second-order valence-electron chi connectivity index (χ2n) is 6.17. The normalized spacial score (nSPS) is 10.8. The molecular weight excluding hydrogens is 316 g/mol. The summed E-state index contributed by atoms with van der Waals surface area (Å²) < 4.78 is 0. The van der Waals surface area contributed by atoms with Gasteiger partial charge in [-0.2, -0.15) is 0 Å². The zero-order valence-electron chi connectivity index (χ0n) is 14.5. The largest absolute Gasteiger partial charge is 0.352 e. The number of fused-ring (bicyclic) bond motifs is 1. The first-order valence-electron chi connectivity index (χ1n) is 8.15. The number of benzene rings is 1. The molecule has 0 aliphatic heterocycles. The van der Waals surface area contributed by atoms with Crippen molar-refractivity contribution in [3.8, 4) is 0 Å². The van der Waals surface area contributed by atoms with Crippen molar-refractivity contribution in [3.05, 3.63) is 69.0 Å². The van der Waals surface area contributed by atoms with Crippen LogP contribution in [0.1, 0.15) is 33.1 Å². The fourth-order valence-corrected chi connectivity index (χ4v) is 2.81. The Balaban J connectivity index is 1.78. The van der Waals surface area contributed by atoms with Gasteiger partial charge in [0.25, 0.3) is 11.5 Å². The minimum atomic E-state index is -0.181. The van der Waals surface area contributed by atoms with Crippen molar-refractivity contribution in [2.75, 3.05) is 6.54 Å². The second-order valence-corrected chi connectivity index (χ2v) is 6.17. The molecule has 1 amide bonds. The predicted octanol–water partition coefficient (Wildman–Crippen LogP) is 2.22. The van der Waals surface area contributed by atoms with E-state index in [4.69, 9.17) is 0 Å². The summed E-state index contributed by atoms with van der Waals surface area (Å²) >= 11 is 0. The smallest absolute Gasteiger partial charge is 0.252 e. The molecule has 0 unspecified atom stereocenters. The van der Waals surface area contributed by atoms with E-state index in [0.717, 1.165) is 22.2 Å². The van der Waals surface area contributed by atoms with E-state index in [1.807, 2.05) is 32.0 Å². The standard InChI is InChI=1S/C19H20N4O2/c1-11-4-5-16-14(8-11)15(9-12(2)21-16)19(25)20-7-6-17-22-13(3)10-18(24)23-17/h4-5,8-10H,6-7H2,1-3H3,(H,20,25)(H,22,23,24). The van der Waals surface area contributed by atoms with E-state index in [2.05, 4.69) is 20.3 Å². The Kier molecular flexibility index (Phi) is 4.61. The van der Waals surface area contributed by atoms with Crippen molar-refractivity contribution >= 4 is 16.8 Å². The Bertz CT molecular complexity index is 1010. The van der Waals surface area contributed by atoms with Gasteiger partial charge in [0.15, 0.2) is 0 Å². The molecule has 0 aliphatic rings. The average Bonchev–Trinajstić information content (AvgIpc) is 2.53. The number of pyridine rings is 1. The lowest BCUT2D eigenvalue weighted by atomic mass is 10.0. The summed E-state index contributed by atoms with van der Waals surface area (Å²) in [5.41, 5.74) is 3.77. The number of carbonyl (C=O) groups is 1. The van der Waals surface area contributed by atoms with Crippen LogP contribution < -0.4 is 10.9 Å². The zero-order chi connectivity index (χ0) is 18.0. The van der Waals surface area contributed by atoms with Crippen LogP contribution in [-0.4, -0.2) is 27.4 Å². The number of H-pyrrole nitrogens is 1. The topological polar surface area (TPSA) is 87.7 Å². The molecule has 6 nitrogen and oxygen atoms in total. The van der Waals surface area contributed by atoms with Crippen LogP contribution >= 0.6 is 0 Å². The summed E-state index contributed by atoms with van der Waals surface area (Å²) in [6, 6.07) is 9.11. The fraction of sp³-hybridized carbons (Fsp3) is 0.263. The van der Waals surface area contributed by atoms with E-state index < -0.39 is 0 Å². The lowest BCUT2D eigenvalue weighted by Gasteiger charge is -2.10. The van der Waals surface area contributed by atoms with E-state index >= 15 is 0 Å². The molecule has 2 heterocycles. The third kappa shape index (κ3) is 3.91. The van der Waals surface area contributed by atoms with Crippen LogP contribution in [0.4, 0.5) is 0 Å². The van der Waals surface area contributed by atoms with Gasteiger partial charge in [-0.05, 0) is 39.0 Å². The van der Waals surface area contributed by atoms with Crippen LogP contribution in [0.2, 0.25) is 0 Å². The molecule has 0 fully saturated rings. The van der Waals surface area contributed by atoms with E-state index in [1.54, 1.807) is 13.0 Å². The molecule has 0 spiro atoms. The molecule has 128 valence electrons. The molecule has 0 radical (unpaired) electrons. The summed E-state index contributed by atoms with van der Waals surface area (Å²) in [4.78, 5) is 35.5. The quantitative estimate of drug-likeness (QED) is 0.765. The van der Waals surface area contributed by atoms with Crippen LogP contribution in [0, 0.1) is 20.8 Å². The molecule has 0 bridgehead atoms. The lowest BCUT2D eigenvalue weighted by molar-refractivity contribution is 0.0955. The highest BCUT2D eigenvalue weighted by Crippen LogP contribution is 2.20. The summed E-state index contributed by atoms with van der Waals surface area (Å²) in [5.74, 6) is 0.410. The third-order valence-electron chi connectivity index (χ3n) is 3.90. The van der Waals surface area contributed by atoms with E-state index in [0.29, 0.717) is 30.0 Å². The van der Waals surface area contributed by atoms with Crippen LogP contribution in [-0.2, 0) is 6.42 Å². The first kappa shape index (κ1) is 16.8. The van der Waals surface area contributed by atoms with Crippen LogP contribution in [0.5, 0.6) is 0 Å². The van der Waals surface area contributed by atoms with E-state index in [9.17, 15) is 9.59 Å². The fourth-order valence-electron chi connectivity index (χ4n) is 2.81. The minimum Gasteiger partial charge on any atom is -0.352 e. The number of hydrogen-bond donors (Lipinski definition) is 2. The van der Waals surface area contributed by atoms with Crippen molar-refractivity contribution in [1.82, 2.24) is 20.3 Å². The maximum absolute atomic E-state index is 12.6. The van der Waals surface area contributed by atoms with Gasteiger partial charge in [-0.25, -0.2) is 4.98 Å². The molecular formula is C19H20N4O2. The first-order chi connectivity index (χ1) is 11.9. The summed E-state index contributed by atoms with van der Waals surface area (Å²) in [6.07, 6.45) is 0.462. The summed E-state index contributed by atoms with van der Waals surface area (Å²) in [6.45, 7) is 6.02. The first-order valence-corrected chi connectivity index (χ1v) is 8.15. The number of carbonyl (C=O) groups excluding carboxylic acids is 1. The van der Waals surface area contributed by atoms with Crippen LogP contribution in [0.15, 0.2) is 35.1 Å². The van der Waals surface area contributed by atoms with Gasteiger partial charge in [-0.15, -0.1) is 0 Å². The van der Waals surface area contributed by atoms with Crippen molar-refractivity contribution in [3.63, 3.8) is 0 Å². The number of aryl methyl sites for hydroxylation is 3. The Morgan fingerprint density at radius 3 is 2.60 bits per heavy atom. The highest BCUT2D eigenvalue weighted by Gasteiger charge is 2.12. The van der Waals surface area contributed by atoms with Gasteiger partial charge < -0.3 is 10.3 Å². The molecule has 0 saturated carbocycles. The molecule has 0 aliphatic carbocycles. The lowest BCUT2D eigenvalue weighted by Crippen LogP contribution is -2.27. The molecule has 3 aromatic rings. The van der Waals surface area contributed by atoms with Gasteiger partial charge in [0, 0.05) is 35.8 Å². The van der Waals surface area contributed by atoms with Crippen molar-refractivity contribution in [2.45, 2.75) is 27.2 Å². The molecule has 3 rings (SSSR count). The Hall–Kier alpha value is -3.02. The van der Waals surface area contributed by atoms with Gasteiger partial charge in [-0.1, -0.05) is 11.6 Å². The third-order valence-corrected chi connectivity index (χ3v) is 3.90. The van der Waals surface area contributed by atoms with E-state index in [1.165, 1.54) is 6.07 Å². The highest BCUT2D eigenvalue weighted by molar-refractivity contribution is 6.06. The number of rotatable bonds is 4. The molecule has 0 saturated heterocycles. The Morgan fingerprint density at radius 2 is 1.84 bits per heavy atom. The summed E-state index contributed by atoms with van der Waals surface area (Å²) in [5, 5.41) is 3.73. The maximum atomic E-state index is 12.6. The SMILES string of the molecule is Cc1ccc2nc(C)cc(C(=O)NCCc3nc(C)cc(=O)[nH]3)c2c1. The van der Waals surface area contributed by atoms with Crippen molar-refractivity contribution < 1.29 is 4.79 Å². The van der Waals surface area contributed by atoms with Crippen molar-refractivity contribution in [1.29, 1.82) is 0 Å². The van der Waals surface area contributed by atoms with Gasteiger partial charge in [0.1, 0.15) is 5.82 Å². The van der Waals surface area contributed by atoms with Gasteiger partial charge in [0.2, 0.25) is 0 Å². The second kappa shape index (κ2) is 6.84. The molecule has 25 heavy (non-hydrogen) atoms. The molecule has 1 aromatic carbocycles. The van der Waals surface area contributed by atoms with Gasteiger partial charge >= 0.3 is 0 Å². The monoisotopic (exact) mass is 336 g/mol. The number of hydrogen-bond acceptors (Lipinski definition) is 4. The molecule has 0 atom stereocenters. The highest BCUT2D eigenvalue weighted by atomic mass is 16.1. The van der Waals surface area contributed by atoms with E-state index in [-0.39, 0.29) is 11.5 Å². The molecule has 6 heteroatoms. The number of aromatic amines is 1. The summed E-state index contributed by atoms with van der Waals surface area (Å²) in [7, 11) is 0. The molecule has 2 aromatic heterocycles. The number of nitrogens with zero attached hydrogens (tertiary/aromatic N) is 2. The van der Waals surface area contributed by atoms with Gasteiger partial charge in [-0.3, -0.25) is 14.6 Å². The maximum Gasteiger partial charge on any atom is 0.252 e. The van der Waals surface area contributed by atoms with Crippen LogP contribution in [0.3, 0.4) is 0 Å². The van der Waals surface area contributed by atoms with Gasteiger partial charge in [0.05, 0.1) is 11.1 Å². The Labute approximate surface area is 145 Å². The number of aromatic nitrogens is 3. The number of nitrogens with one attached hydrogen (secondary N) is 2. The average molecular weight is 336 g/mol. The van der Waals surface area contributed by atoms with Crippen LogP contribution in [0.25, 0.3) is 10.9 Å². The molecule has 2 N–H and O–H groups in total. The van der Waals surface area contributed by atoms with Crippen molar-refractivity contribution in [2.24, 2.45) is 0 Å².